The first kappa shape index (κ1) is 14.3. The molecule has 1 aliphatic rings. The molecule has 0 unspecified atom stereocenters. The van der Waals surface area contributed by atoms with Gasteiger partial charge in [0.05, 0.1) is 5.52 Å². The van der Waals surface area contributed by atoms with Gasteiger partial charge in [0, 0.05) is 24.5 Å². The lowest BCUT2D eigenvalue weighted by Gasteiger charge is -2.18. The first-order valence-corrected chi connectivity index (χ1v) is 7.94. The molecular formula is C18H24N2O. The molecule has 0 saturated carbocycles. The maximum absolute atomic E-state index is 11.9. The van der Waals surface area contributed by atoms with Gasteiger partial charge >= 0.3 is 0 Å². The number of aryl methyl sites for hydroxylation is 1. The number of hydrogen-bond donors (Lipinski definition) is 0. The second kappa shape index (κ2) is 5.64. The summed E-state index contributed by atoms with van der Waals surface area (Å²) < 4.78 is 1.80. The summed E-state index contributed by atoms with van der Waals surface area (Å²) in [4.78, 5) is 14.3. The third kappa shape index (κ3) is 2.62. The standard InChI is InChI=1S/C18H24N2O/c1-4-14-7-8-18-17(10-14)15(12-20(18)13(2)21)11-16-6-5-9-19(16)3/h7-8,10,12,16H,4-6,9,11H2,1-3H3/t16-/m1/s1. The number of likely N-dealkylation sites (N-methyl/N-ethyl adjacent to an activating group) is 1. The van der Waals surface area contributed by atoms with Crippen molar-refractivity contribution in [3.05, 3.63) is 35.5 Å². The number of fused-ring (bicyclic) bond motifs is 1. The average Bonchev–Trinajstić information content (AvgIpc) is 3.03. The number of carbonyl (C=O) groups excluding carboxylic acids is 1. The zero-order valence-corrected chi connectivity index (χ0v) is 13.2. The summed E-state index contributed by atoms with van der Waals surface area (Å²) in [5.41, 5.74) is 3.70. The van der Waals surface area contributed by atoms with Gasteiger partial charge in [-0.25, -0.2) is 0 Å². The van der Waals surface area contributed by atoms with Gasteiger partial charge < -0.3 is 4.90 Å². The molecule has 3 nitrogen and oxygen atoms in total. The Bertz CT molecular complexity index is 671. The molecule has 0 amide bonds. The normalized spacial score (nSPS) is 19.5. The number of nitrogens with zero attached hydrogens (tertiary/aromatic N) is 2. The third-order valence-electron chi connectivity index (χ3n) is 4.83. The molecule has 3 heteroatoms. The van der Waals surface area contributed by atoms with Crippen molar-refractivity contribution >= 4 is 16.8 Å². The Morgan fingerprint density at radius 3 is 2.81 bits per heavy atom. The van der Waals surface area contributed by atoms with Crippen molar-refractivity contribution in [2.45, 2.75) is 45.6 Å². The quantitative estimate of drug-likeness (QED) is 0.862. The van der Waals surface area contributed by atoms with E-state index in [1.807, 2.05) is 0 Å². The van der Waals surface area contributed by atoms with E-state index in [1.165, 1.54) is 35.9 Å². The fourth-order valence-electron chi connectivity index (χ4n) is 3.48. The van der Waals surface area contributed by atoms with E-state index in [1.54, 1.807) is 11.5 Å². The predicted octanol–water partition coefficient (Wildman–Crippen LogP) is 3.50. The van der Waals surface area contributed by atoms with Crippen LogP contribution in [0.3, 0.4) is 0 Å². The second-order valence-electron chi connectivity index (χ2n) is 6.23. The molecule has 21 heavy (non-hydrogen) atoms. The lowest BCUT2D eigenvalue weighted by molar-refractivity contribution is 0.0941. The van der Waals surface area contributed by atoms with Crippen LogP contribution in [-0.4, -0.2) is 35.0 Å². The first-order chi connectivity index (χ1) is 10.1. The highest BCUT2D eigenvalue weighted by Gasteiger charge is 2.23. The molecule has 0 aliphatic carbocycles. The van der Waals surface area contributed by atoms with E-state index < -0.39 is 0 Å². The molecule has 0 spiro atoms. The molecule has 1 saturated heterocycles. The van der Waals surface area contributed by atoms with E-state index in [0.717, 1.165) is 18.4 Å². The average molecular weight is 284 g/mol. The van der Waals surface area contributed by atoms with Crippen molar-refractivity contribution in [3.63, 3.8) is 0 Å². The van der Waals surface area contributed by atoms with E-state index in [-0.39, 0.29) is 5.91 Å². The highest BCUT2D eigenvalue weighted by Crippen LogP contribution is 2.27. The van der Waals surface area contributed by atoms with Crippen molar-refractivity contribution in [2.75, 3.05) is 13.6 Å². The maximum atomic E-state index is 11.9. The zero-order chi connectivity index (χ0) is 15.0. The van der Waals surface area contributed by atoms with Gasteiger partial charge in [-0.3, -0.25) is 9.36 Å². The summed E-state index contributed by atoms with van der Waals surface area (Å²) in [6.07, 6.45) is 6.67. The fraction of sp³-hybridized carbons (Fsp3) is 0.500. The van der Waals surface area contributed by atoms with Crippen LogP contribution in [0.5, 0.6) is 0 Å². The molecular weight excluding hydrogens is 260 g/mol. The lowest BCUT2D eigenvalue weighted by atomic mass is 10.0. The first-order valence-electron chi connectivity index (χ1n) is 7.94. The Hall–Kier alpha value is -1.61. The number of rotatable bonds is 3. The van der Waals surface area contributed by atoms with Gasteiger partial charge in [-0.15, -0.1) is 0 Å². The van der Waals surface area contributed by atoms with E-state index in [4.69, 9.17) is 0 Å². The molecule has 1 fully saturated rings. The fourth-order valence-corrected chi connectivity index (χ4v) is 3.48. The van der Waals surface area contributed by atoms with Gasteiger partial charge in [-0.2, -0.15) is 0 Å². The number of benzene rings is 1. The molecule has 1 aliphatic heterocycles. The summed E-state index contributed by atoms with van der Waals surface area (Å²) in [6, 6.07) is 7.10. The molecule has 112 valence electrons. The second-order valence-corrected chi connectivity index (χ2v) is 6.23. The Labute approximate surface area is 126 Å². The lowest BCUT2D eigenvalue weighted by Crippen LogP contribution is -2.26. The van der Waals surface area contributed by atoms with Crippen molar-refractivity contribution in [3.8, 4) is 0 Å². The summed E-state index contributed by atoms with van der Waals surface area (Å²) >= 11 is 0. The van der Waals surface area contributed by atoms with Crippen LogP contribution in [0.4, 0.5) is 0 Å². The number of carbonyl (C=O) groups is 1. The topological polar surface area (TPSA) is 25.2 Å². The minimum absolute atomic E-state index is 0.0928. The Morgan fingerprint density at radius 2 is 2.19 bits per heavy atom. The summed E-state index contributed by atoms with van der Waals surface area (Å²) in [5.74, 6) is 0.0928. The van der Waals surface area contributed by atoms with Crippen LogP contribution >= 0.6 is 0 Å². The van der Waals surface area contributed by atoms with Crippen molar-refractivity contribution in [2.24, 2.45) is 0 Å². The summed E-state index contributed by atoms with van der Waals surface area (Å²) in [6.45, 7) is 5.00. The number of hydrogen-bond acceptors (Lipinski definition) is 2. The van der Waals surface area contributed by atoms with Crippen LogP contribution in [0, 0.1) is 0 Å². The molecule has 2 heterocycles. The molecule has 1 aromatic heterocycles. The highest BCUT2D eigenvalue weighted by atomic mass is 16.1. The largest absolute Gasteiger partial charge is 0.303 e. The van der Waals surface area contributed by atoms with Gasteiger partial charge in [0.25, 0.3) is 0 Å². The van der Waals surface area contributed by atoms with Gasteiger partial charge in [0.2, 0.25) is 5.91 Å². The molecule has 1 atom stereocenters. The van der Waals surface area contributed by atoms with E-state index in [9.17, 15) is 4.79 Å². The monoisotopic (exact) mass is 284 g/mol. The SMILES string of the molecule is CCc1ccc2c(c1)c(C[C@H]1CCCN1C)cn2C(C)=O. The Kier molecular flexibility index (Phi) is 3.85. The van der Waals surface area contributed by atoms with Crippen LogP contribution < -0.4 is 0 Å². The van der Waals surface area contributed by atoms with E-state index in [0.29, 0.717) is 6.04 Å². The molecule has 2 aromatic rings. The van der Waals surface area contributed by atoms with Gasteiger partial charge in [0.15, 0.2) is 0 Å². The molecule has 1 aromatic carbocycles. The van der Waals surface area contributed by atoms with Crippen LogP contribution in [0.1, 0.15) is 42.6 Å². The van der Waals surface area contributed by atoms with Crippen LogP contribution in [0.25, 0.3) is 10.9 Å². The van der Waals surface area contributed by atoms with E-state index >= 15 is 0 Å². The third-order valence-corrected chi connectivity index (χ3v) is 4.83. The smallest absolute Gasteiger partial charge is 0.227 e. The van der Waals surface area contributed by atoms with Gasteiger partial charge in [-0.05, 0) is 62.5 Å². The predicted molar refractivity (Wildman–Crippen MR) is 87.0 cm³/mol. The number of aromatic nitrogens is 1. The molecule has 3 rings (SSSR count). The van der Waals surface area contributed by atoms with Crippen LogP contribution in [-0.2, 0) is 12.8 Å². The van der Waals surface area contributed by atoms with Gasteiger partial charge in [0.1, 0.15) is 0 Å². The Balaban J connectivity index is 2.05. The van der Waals surface area contributed by atoms with Crippen molar-refractivity contribution in [1.82, 2.24) is 9.47 Å². The molecule has 0 radical (unpaired) electrons. The van der Waals surface area contributed by atoms with Crippen LogP contribution in [0.15, 0.2) is 24.4 Å². The van der Waals surface area contributed by atoms with Crippen LogP contribution in [0.2, 0.25) is 0 Å². The molecule has 0 N–H and O–H groups in total. The van der Waals surface area contributed by atoms with Crippen molar-refractivity contribution < 1.29 is 4.79 Å². The maximum Gasteiger partial charge on any atom is 0.227 e. The minimum atomic E-state index is 0.0928. The van der Waals surface area contributed by atoms with Gasteiger partial charge in [-0.1, -0.05) is 13.0 Å². The summed E-state index contributed by atoms with van der Waals surface area (Å²) in [5, 5.41) is 1.25. The minimum Gasteiger partial charge on any atom is -0.303 e. The zero-order valence-electron chi connectivity index (χ0n) is 13.2. The highest BCUT2D eigenvalue weighted by molar-refractivity contribution is 5.94. The Morgan fingerprint density at radius 1 is 1.38 bits per heavy atom. The summed E-state index contributed by atoms with van der Waals surface area (Å²) in [7, 11) is 2.21. The molecule has 0 bridgehead atoms. The number of likely N-dealkylation sites (tertiary alicyclic amines) is 1. The van der Waals surface area contributed by atoms with Crippen molar-refractivity contribution in [1.29, 1.82) is 0 Å². The van der Waals surface area contributed by atoms with E-state index in [2.05, 4.69) is 43.3 Å².